The van der Waals surface area contributed by atoms with Crippen molar-refractivity contribution < 1.29 is 29.0 Å². The third-order valence-corrected chi connectivity index (χ3v) is 5.03. The van der Waals surface area contributed by atoms with E-state index in [0.29, 0.717) is 11.1 Å². The lowest BCUT2D eigenvalue weighted by atomic mass is 10.1. The molecule has 1 N–H and O–H groups in total. The Kier molecular flexibility index (Phi) is 7.93. The number of amides is 1. The van der Waals surface area contributed by atoms with Crippen molar-refractivity contribution >= 4 is 34.7 Å². The van der Waals surface area contributed by atoms with Gasteiger partial charge in [0.2, 0.25) is 5.75 Å². The van der Waals surface area contributed by atoms with Gasteiger partial charge in [-0.05, 0) is 48.4 Å². The van der Waals surface area contributed by atoms with Crippen molar-refractivity contribution in [2.45, 2.75) is 6.92 Å². The molecule has 0 aliphatic heterocycles. The molecular weight excluding hydrogens is 502 g/mol. The average molecular weight is 519 g/mol. The quantitative estimate of drug-likeness (QED) is 0.172. The fourth-order valence-electron chi connectivity index (χ4n) is 3.23. The topological polar surface area (TPSA) is 201 Å². The predicted molar refractivity (Wildman–Crippen MR) is 133 cm³/mol. The Hall–Kier alpha value is -5.84. The van der Waals surface area contributed by atoms with E-state index in [1.165, 1.54) is 43.5 Å². The first-order chi connectivity index (χ1) is 18.0. The Morgan fingerprint density at radius 3 is 2.18 bits per heavy atom. The van der Waals surface area contributed by atoms with E-state index >= 15 is 0 Å². The summed E-state index contributed by atoms with van der Waals surface area (Å²) in [6.45, 7) is 1.65. The maximum Gasteiger partial charge on any atom is 0.318 e. The summed E-state index contributed by atoms with van der Waals surface area (Å²) < 4.78 is 10.8. The van der Waals surface area contributed by atoms with Gasteiger partial charge < -0.3 is 14.8 Å². The van der Waals surface area contributed by atoms with Gasteiger partial charge in [0.05, 0.1) is 27.9 Å². The first-order valence-electron chi connectivity index (χ1n) is 10.5. The molecule has 0 radical (unpaired) electrons. The zero-order chi connectivity index (χ0) is 28.0. The van der Waals surface area contributed by atoms with Crippen LogP contribution in [-0.2, 0) is 4.79 Å². The molecule has 3 rings (SSSR count). The first kappa shape index (κ1) is 26.8. The Balaban J connectivity index is 1.90. The van der Waals surface area contributed by atoms with Gasteiger partial charge in [-0.25, -0.2) is 0 Å². The van der Waals surface area contributed by atoms with Crippen molar-refractivity contribution in [2.75, 3.05) is 12.4 Å². The molecule has 1 amide bonds. The number of anilines is 1. The standard InChI is InChI=1S/C24H17N5O9/c1-14-3-6-18(19(9-14)28(33)34)26-24(30)16(13-25)10-15-4-7-22(23(11-15)37-2)38-21-8-5-17(27(31)32)12-20(21)29(35)36/h3-12H,1-2H3,(H,26,30)/b16-10+. The van der Waals surface area contributed by atoms with E-state index in [1.54, 1.807) is 19.1 Å². The maximum absolute atomic E-state index is 12.7. The van der Waals surface area contributed by atoms with E-state index in [2.05, 4.69) is 5.32 Å². The predicted octanol–water partition coefficient (Wildman–Crippen LogP) is 5.07. The molecule has 0 saturated heterocycles. The van der Waals surface area contributed by atoms with Crippen molar-refractivity contribution in [2.24, 2.45) is 0 Å². The number of hydrogen-bond acceptors (Lipinski definition) is 10. The Morgan fingerprint density at radius 2 is 1.58 bits per heavy atom. The molecule has 0 unspecified atom stereocenters. The van der Waals surface area contributed by atoms with Crippen LogP contribution in [0.15, 0.2) is 60.2 Å². The lowest BCUT2D eigenvalue weighted by molar-refractivity contribution is -0.394. The minimum Gasteiger partial charge on any atom is -0.493 e. The van der Waals surface area contributed by atoms with Gasteiger partial charge in [0, 0.05) is 12.1 Å². The van der Waals surface area contributed by atoms with E-state index in [1.807, 2.05) is 0 Å². The highest BCUT2D eigenvalue weighted by molar-refractivity contribution is 6.10. The number of non-ortho nitro benzene ring substituents is 1. The molecule has 3 aromatic rings. The van der Waals surface area contributed by atoms with Gasteiger partial charge in [0.25, 0.3) is 17.3 Å². The lowest BCUT2D eigenvalue weighted by Crippen LogP contribution is -2.14. The van der Waals surface area contributed by atoms with Crippen LogP contribution in [0.2, 0.25) is 0 Å². The molecular formula is C24H17N5O9. The van der Waals surface area contributed by atoms with Crippen LogP contribution in [0, 0.1) is 48.6 Å². The Bertz CT molecular complexity index is 1540. The van der Waals surface area contributed by atoms with Crippen LogP contribution in [0.3, 0.4) is 0 Å². The van der Waals surface area contributed by atoms with Crippen LogP contribution in [0.1, 0.15) is 11.1 Å². The fourth-order valence-corrected chi connectivity index (χ4v) is 3.23. The van der Waals surface area contributed by atoms with Crippen molar-refractivity contribution in [1.29, 1.82) is 5.26 Å². The van der Waals surface area contributed by atoms with E-state index in [9.17, 15) is 40.4 Å². The number of methoxy groups -OCH3 is 1. The number of ether oxygens (including phenoxy) is 2. The smallest absolute Gasteiger partial charge is 0.318 e. The Morgan fingerprint density at radius 1 is 0.895 bits per heavy atom. The van der Waals surface area contributed by atoms with Gasteiger partial charge in [0.15, 0.2) is 11.5 Å². The van der Waals surface area contributed by atoms with Gasteiger partial charge in [0.1, 0.15) is 17.3 Å². The molecule has 3 aromatic carbocycles. The van der Waals surface area contributed by atoms with Crippen LogP contribution in [0.25, 0.3) is 6.08 Å². The summed E-state index contributed by atoms with van der Waals surface area (Å²) in [5.74, 6) is -1.09. The molecule has 14 nitrogen and oxygen atoms in total. The summed E-state index contributed by atoms with van der Waals surface area (Å²) >= 11 is 0. The molecule has 38 heavy (non-hydrogen) atoms. The lowest BCUT2D eigenvalue weighted by Gasteiger charge is -2.11. The number of nitrogens with zero attached hydrogens (tertiary/aromatic N) is 4. The summed E-state index contributed by atoms with van der Waals surface area (Å²) in [6.07, 6.45) is 1.20. The highest BCUT2D eigenvalue weighted by Gasteiger charge is 2.23. The summed E-state index contributed by atoms with van der Waals surface area (Å²) in [5, 5.41) is 45.5. The molecule has 0 aliphatic carbocycles. The molecule has 0 aromatic heterocycles. The number of aryl methyl sites for hydroxylation is 1. The average Bonchev–Trinajstić information content (AvgIpc) is 2.88. The van der Waals surface area contributed by atoms with Crippen molar-refractivity contribution in [3.05, 3.63) is 102 Å². The largest absolute Gasteiger partial charge is 0.493 e. The second-order valence-electron chi connectivity index (χ2n) is 7.58. The summed E-state index contributed by atoms with van der Waals surface area (Å²) in [6, 6.07) is 13.0. The summed E-state index contributed by atoms with van der Waals surface area (Å²) in [5.41, 5.74) is -1.01. The molecule has 0 saturated carbocycles. The number of benzene rings is 3. The molecule has 0 bridgehead atoms. The molecule has 192 valence electrons. The number of nitriles is 1. The van der Waals surface area contributed by atoms with Crippen LogP contribution in [0.4, 0.5) is 22.7 Å². The second-order valence-corrected chi connectivity index (χ2v) is 7.58. The number of carbonyl (C=O) groups excluding carboxylic acids is 1. The zero-order valence-electron chi connectivity index (χ0n) is 19.7. The number of rotatable bonds is 9. The number of hydrogen-bond donors (Lipinski definition) is 1. The van der Waals surface area contributed by atoms with E-state index < -0.39 is 32.1 Å². The van der Waals surface area contributed by atoms with Gasteiger partial charge in [-0.3, -0.25) is 35.1 Å². The third-order valence-electron chi connectivity index (χ3n) is 5.03. The molecule has 0 heterocycles. The van der Waals surface area contributed by atoms with Gasteiger partial charge in [-0.2, -0.15) is 5.26 Å². The number of nitro groups is 3. The monoisotopic (exact) mass is 519 g/mol. The van der Waals surface area contributed by atoms with Crippen LogP contribution < -0.4 is 14.8 Å². The molecule has 14 heteroatoms. The maximum atomic E-state index is 12.7. The highest BCUT2D eigenvalue weighted by Crippen LogP contribution is 2.38. The number of nitrogens with one attached hydrogen (secondary N) is 1. The molecule has 0 atom stereocenters. The number of carbonyl (C=O) groups is 1. The van der Waals surface area contributed by atoms with E-state index in [-0.39, 0.29) is 34.2 Å². The molecule has 0 spiro atoms. The van der Waals surface area contributed by atoms with Gasteiger partial charge in [-0.1, -0.05) is 12.1 Å². The normalized spacial score (nSPS) is 10.7. The van der Waals surface area contributed by atoms with Crippen molar-refractivity contribution in [3.8, 4) is 23.3 Å². The number of nitro benzene ring substituents is 3. The van der Waals surface area contributed by atoms with Crippen molar-refractivity contribution in [1.82, 2.24) is 0 Å². The minimum absolute atomic E-state index is 0.0137. The van der Waals surface area contributed by atoms with Crippen LogP contribution in [-0.4, -0.2) is 27.8 Å². The SMILES string of the molecule is COc1cc(/C=C(\C#N)C(=O)Nc2ccc(C)cc2[N+](=O)[O-])ccc1Oc1ccc([N+](=O)[O-])cc1[N+](=O)[O-]. The zero-order valence-corrected chi connectivity index (χ0v) is 19.7. The first-order valence-corrected chi connectivity index (χ1v) is 10.5. The van der Waals surface area contributed by atoms with Crippen LogP contribution in [0.5, 0.6) is 17.2 Å². The molecule has 0 aliphatic rings. The Labute approximate surface area is 213 Å². The highest BCUT2D eigenvalue weighted by atomic mass is 16.6. The molecule has 0 fully saturated rings. The third kappa shape index (κ3) is 6.04. The van der Waals surface area contributed by atoms with Crippen LogP contribution >= 0.6 is 0 Å². The van der Waals surface area contributed by atoms with Gasteiger partial charge >= 0.3 is 5.69 Å². The fraction of sp³-hybridized carbons (Fsp3) is 0.0833. The minimum atomic E-state index is -0.889. The van der Waals surface area contributed by atoms with Crippen molar-refractivity contribution in [3.63, 3.8) is 0 Å². The summed E-state index contributed by atoms with van der Waals surface area (Å²) in [7, 11) is 1.29. The van der Waals surface area contributed by atoms with Gasteiger partial charge in [-0.15, -0.1) is 0 Å². The summed E-state index contributed by atoms with van der Waals surface area (Å²) in [4.78, 5) is 44.0. The van der Waals surface area contributed by atoms with E-state index in [4.69, 9.17) is 9.47 Å². The van der Waals surface area contributed by atoms with E-state index in [0.717, 1.165) is 18.2 Å². The second kappa shape index (κ2) is 11.3.